The molecule has 1 atom stereocenters. The van der Waals surface area contributed by atoms with Gasteiger partial charge in [-0.2, -0.15) is 0 Å². The molecule has 3 aromatic carbocycles. The molecule has 1 heterocycles. The highest BCUT2D eigenvalue weighted by Crippen LogP contribution is 2.50. The van der Waals surface area contributed by atoms with Crippen LogP contribution in [0.2, 0.25) is 5.02 Å². The van der Waals surface area contributed by atoms with E-state index in [1.165, 1.54) is 5.56 Å². The standard InChI is InChI=1S/C30H35ClN2O4/c1-15-8-9-19(14-16(15)2)22-17(3)23(20-10-11-21-27(25(20)31)33-12-13-36-21)24(18(4)26(22)32)28(29(34)35)37-30(5,6)7/h8-11,14,28,33H,12-13,32H2,1-7H3,(H,34,35). The fourth-order valence-electron chi connectivity index (χ4n) is 4.95. The van der Waals surface area contributed by atoms with Crippen LogP contribution in [0.3, 0.4) is 0 Å². The van der Waals surface area contributed by atoms with E-state index in [0.717, 1.165) is 22.3 Å². The van der Waals surface area contributed by atoms with Crippen LogP contribution < -0.4 is 15.8 Å². The fraction of sp³-hybridized carbons (Fsp3) is 0.367. The van der Waals surface area contributed by atoms with Gasteiger partial charge in [-0.1, -0.05) is 29.8 Å². The molecule has 0 aliphatic carbocycles. The highest BCUT2D eigenvalue weighted by atomic mass is 35.5. The molecule has 7 heteroatoms. The zero-order valence-corrected chi connectivity index (χ0v) is 23.3. The van der Waals surface area contributed by atoms with Gasteiger partial charge in [-0.3, -0.25) is 0 Å². The Hall–Kier alpha value is -3.22. The van der Waals surface area contributed by atoms with E-state index in [1.54, 1.807) is 0 Å². The van der Waals surface area contributed by atoms with Crippen LogP contribution in [0.1, 0.15) is 54.7 Å². The fourth-order valence-corrected chi connectivity index (χ4v) is 5.27. The number of nitrogens with two attached hydrogens (primary N) is 1. The minimum atomic E-state index is -1.25. The van der Waals surface area contributed by atoms with E-state index in [1.807, 2.05) is 52.8 Å². The molecule has 0 fully saturated rings. The summed E-state index contributed by atoms with van der Waals surface area (Å²) in [5, 5.41) is 14.1. The first-order valence-electron chi connectivity index (χ1n) is 12.4. The molecule has 4 N–H and O–H groups in total. The van der Waals surface area contributed by atoms with Crippen molar-refractivity contribution in [3.05, 3.63) is 63.2 Å². The van der Waals surface area contributed by atoms with Crippen molar-refractivity contribution in [3.8, 4) is 28.0 Å². The smallest absolute Gasteiger partial charge is 0.337 e. The molecule has 4 rings (SSSR count). The van der Waals surface area contributed by atoms with Crippen LogP contribution in [0.25, 0.3) is 22.3 Å². The van der Waals surface area contributed by atoms with Gasteiger partial charge in [0.15, 0.2) is 6.10 Å². The zero-order chi connectivity index (χ0) is 27.2. The summed E-state index contributed by atoms with van der Waals surface area (Å²) in [5.41, 5.74) is 14.9. The van der Waals surface area contributed by atoms with Crippen molar-refractivity contribution < 1.29 is 19.4 Å². The van der Waals surface area contributed by atoms with Gasteiger partial charge in [0.25, 0.3) is 0 Å². The lowest BCUT2D eigenvalue weighted by molar-refractivity contribution is -0.160. The summed E-state index contributed by atoms with van der Waals surface area (Å²) in [5.74, 6) is -0.422. The number of aliphatic carboxylic acids is 1. The van der Waals surface area contributed by atoms with E-state index in [2.05, 4.69) is 31.3 Å². The third-order valence-corrected chi connectivity index (χ3v) is 7.28. The van der Waals surface area contributed by atoms with Crippen molar-refractivity contribution in [2.45, 2.75) is 60.2 Å². The van der Waals surface area contributed by atoms with Crippen LogP contribution in [0, 0.1) is 27.7 Å². The average molecular weight is 523 g/mol. The second-order valence-corrected chi connectivity index (χ2v) is 11.0. The van der Waals surface area contributed by atoms with Gasteiger partial charge in [0.2, 0.25) is 0 Å². The predicted octanol–water partition coefficient (Wildman–Crippen LogP) is 7.23. The highest BCUT2D eigenvalue weighted by molar-refractivity contribution is 6.36. The van der Waals surface area contributed by atoms with Gasteiger partial charge in [0.05, 0.1) is 16.3 Å². The van der Waals surface area contributed by atoms with Gasteiger partial charge < -0.3 is 25.6 Å². The van der Waals surface area contributed by atoms with Crippen molar-refractivity contribution in [3.63, 3.8) is 0 Å². The number of nitrogens with one attached hydrogen (secondary N) is 1. The molecule has 1 aliphatic heterocycles. The van der Waals surface area contributed by atoms with Crippen LogP contribution in [0.4, 0.5) is 11.4 Å². The van der Waals surface area contributed by atoms with E-state index < -0.39 is 17.7 Å². The molecule has 0 bridgehead atoms. The van der Waals surface area contributed by atoms with Gasteiger partial charge in [-0.05, 0) is 94.0 Å². The predicted molar refractivity (Wildman–Crippen MR) is 151 cm³/mol. The minimum absolute atomic E-state index is 0.469. The van der Waals surface area contributed by atoms with Gasteiger partial charge in [0.1, 0.15) is 12.4 Å². The normalized spacial score (nSPS) is 13.9. The van der Waals surface area contributed by atoms with Crippen LogP contribution in [0.5, 0.6) is 5.75 Å². The first kappa shape index (κ1) is 26.8. The molecule has 196 valence electrons. The van der Waals surface area contributed by atoms with E-state index in [-0.39, 0.29) is 0 Å². The van der Waals surface area contributed by atoms with Crippen molar-refractivity contribution >= 4 is 28.9 Å². The lowest BCUT2D eigenvalue weighted by Gasteiger charge is -2.31. The summed E-state index contributed by atoms with van der Waals surface area (Å²) in [7, 11) is 0. The lowest BCUT2D eigenvalue weighted by Crippen LogP contribution is -2.28. The Kier molecular flexibility index (Phi) is 7.19. The first-order chi connectivity index (χ1) is 17.3. The maximum atomic E-state index is 12.7. The molecule has 0 aromatic heterocycles. The third-order valence-electron chi connectivity index (χ3n) is 6.88. The Bertz CT molecular complexity index is 1390. The summed E-state index contributed by atoms with van der Waals surface area (Å²) < 4.78 is 11.9. The number of fused-ring (bicyclic) bond motifs is 1. The number of nitrogen functional groups attached to an aromatic ring is 1. The Labute approximate surface area is 223 Å². The van der Waals surface area contributed by atoms with Gasteiger partial charge in [-0.25, -0.2) is 4.79 Å². The number of aryl methyl sites for hydroxylation is 2. The summed E-state index contributed by atoms with van der Waals surface area (Å²) >= 11 is 7.00. The quantitative estimate of drug-likeness (QED) is 0.306. The zero-order valence-electron chi connectivity index (χ0n) is 22.5. The highest BCUT2D eigenvalue weighted by Gasteiger charge is 2.34. The maximum absolute atomic E-state index is 12.7. The van der Waals surface area contributed by atoms with Crippen LogP contribution in [0.15, 0.2) is 30.3 Å². The van der Waals surface area contributed by atoms with Crippen molar-refractivity contribution in [1.82, 2.24) is 0 Å². The molecule has 3 aromatic rings. The van der Waals surface area contributed by atoms with E-state index >= 15 is 0 Å². The Morgan fingerprint density at radius 3 is 2.41 bits per heavy atom. The molecule has 0 amide bonds. The largest absolute Gasteiger partial charge is 0.490 e. The van der Waals surface area contributed by atoms with Crippen LogP contribution in [-0.4, -0.2) is 29.8 Å². The second-order valence-electron chi connectivity index (χ2n) is 10.7. The van der Waals surface area contributed by atoms with Crippen molar-refractivity contribution in [2.24, 2.45) is 0 Å². The monoisotopic (exact) mass is 522 g/mol. The molecule has 6 nitrogen and oxygen atoms in total. The molecule has 0 spiro atoms. The molecule has 0 radical (unpaired) electrons. The second kappa shape index (κ2) is 9.92. The number of hydrogen-bond donors (Lipinski definition) is 3. The number of hydrogen-bond acceptors (Lipinski definition) is 5. The van der Waals surface area contributed by atoms with Crippen molar-refractivity contribution in [2.75, 3.05) is 24.2 Å². The SMILES string of the molecule is Cc1ccc(-c2c(C)c(-c3ccc4c(c3Cl)NCCO4)c(C(OC(C)(C)C)C(=O)O)c(C)c2N)cc1C. The number of carbonyl (C=O) groups is 1. The summed E-state index contributed by atoms with van der Waals surface area (Å²) in [4.78, 5) is 12.7. The Morgan fingerprint density at radius 1 is 1.08 bits per heavy atom. The molecule has 1 unspecified atom stereocenters. The van der Waals surface area contributed by atoms with Gasteiger partial charge in [0, 0.05) is 28.9 Å². The molecule has 37 heavy (non-hydrogen) atoms. The summed E-state index contributed by atoms with van der Waals surface area (Å²) in [6.45, 7) is 14.6. The number of ether oxygens (including phenoxy) is 2. The van der Waals surface area contributed by atoms with Crippen LogP contribution >= 0.6 is 11.6 Å². The number of carboxylic acid groups (broad SMARTS) is 1. The molecular formula is C30H35ClN2O4. The van der Waals surface area contributed by atoms with Gasteiger partial charge >= 0.3 is 5.97 Å². The Morgan fingerprint density at radius 2 is 1.78 bits per heavy atom. The molecule has 0 saturated heterocycles. The molecule has 1 aliphatic rings. The number of carboxylic acids is 1. The van der Waals surface area contributed by atoms with E-state index in [9.17, 15) is 9.90 Å². The first-order valence-corrected chi connectivity index (χ1v) is 12.8. The topological polar surface area (TPSA) is 93.8 Å². The Balaban J connectivity index is 2.12. The average Bonchev–Trinajstić information content (AvgIpc) is 2.82. The number of halogens is 1. The number of rotatable bonds is 5. The summed E-state index contributed by atoms with van der Waals surface area (Å²) in [6, 6.07) is 9.99. The van der Waals surface area contributed by atoms with Crippen LogP contribution in [-0.2, 0) is 9.53 Å². The maximum Gasteiger partial charge on any atom is 0.337 e. The molecular weight excluding hydrogens is 488 g/mol. The molecule has 0 saturated carbocycles. The van der Waals surface area contributed by atoms with E-state index in [0.29, 0.717) is 57.6 Å². The van der Waals surface area contributed by atoms with E-state index in [4.69, 9.17) is 26.8 Å². The number of benzene rings is 3. The minimum Gasteiger partial charge on any atom is -0.490 e. The van der Waals surface area contributed by atoms with Crippen molar-refractivity contribution in [1.29, 1.82) is 0 Å². The van der Waals surface area contributed by atoms with Gasteiger partial charge in [-0.15, -0.1) is 0 Å². The third kappa shape index (κ3) is 5.00. The summed E-state index contributed by atoms with van der Waals surface area (Å²) in [6.07, 6.45) is -1.25. The lowest BCUT2D eigenvalue weighted by atomic mass is 9.82. The number of anilines is 2.